The highest BCUT2D eigenvalue weighted by molar-refractivity contribution is 7.92. The molecule has 0 unspecified atom stereocenters. The van der Waals surface area contributed by atoms with E-state index in [2.05, 4.69) is 4.98 Å². The first-order valence-corrected chi connectivity index (χ1v) is 13.5. The zero-order valence-electron chi connectivity index (χ0n) is 17.1. The first-order valence-electron chi connectivity index (χ1n) is 9.50. The van der Waals surface area contributed by atoms with Gasteiger partial charge in [-0.1, -0.05) is 24.3 Å². The van der Waals surface area contributed by atoms with E-state index in [0.29, 0.717) is 22.1 Å². The Morgan fingerprint density at radius 1 is 0.765 bits per heavy atom. The van der Waals surface area contributed by atoms with Gasteiger partial charge in [0.1, 0.15) is 17.5 Å². The second-order valence-corrected chi connectivity index (χ2v) is 12.0. The lowest BCUT2D eigenvalue weighted by molar-refractivity contribution is 0.578. The van der Waals surface area contributed by atoms with Gasteiger partial charge < -0.3 is 0 Å². The van der Waals surface area contributed by atoms with Crippen LogP contribution in [-0.2, 0) is 25.6 Å². The number of rotatable bonds is 6. The Bertz CT molecular complexity index is 1560. The molecule has 0 fully saturated rings. The molecule has 0 aliphatic carbocycles. The molecule has 4 aromatic rings. The number of halogens is 3. The number of thiazole rings is 1. The van der Waals surface area contributed by atoms with Crippen molar-refractivity contribution in [3.8, 4) is 21.7 Å². The number of sulfonamides is 1. The molecule has 0 saturated heterocycles. The number of primary sulfonamides is 1. The van der Waals surface area contributed by atoms with Gasteiger partial charge in [0.15, 0.2) is 0 Å². The summed E-state index contributed by atoms with van der Waals surface area (Å²) in [5, 5.41) is 5.13. The number of sulfone groups is 1. The van der Waals surface area contributed by atoms with Gasteiger partial charge in [0, 0.05) is 11.6 Å². The molecule has 3 aromatic carbocycles. The predicted octanol–water partition coefficient (Wildman–Crippen LogP) is 4.52. The lowest BCUT2D eigenvalue weighted by Crippen LogP contribution is -2.11. The third-order valence-corrected chi connectivity index (χ3v) is 8.89. The maximum atomic E-state index is 13.5. The Labute approximate surface area is 197 Å². The van der Waals surface area contributed by atoms with Crippen LogP contribution >= 0.6 is 11.3 Å². The molecule has 1 aromatic heterocycles. The van der Waals surface area contributed by atoms with Crippen LogP contribution in [0.5, 0.6) is 0 Å². The monoisotopic (exact) mass is 524 g/mol. The van der Waals surface area contributed by atoms with Crippen LogP contribution in [0.4, 0.5) is 13.2 Å². The van der Waals surface area contributed by atoms with Crippen LogP contribution in [0.1, 0.15) is 5.56 Å². The van der Waals surface area contributed by atoms with Gasteiger partial charge in [-0.3, -0.25) is 0 Å². The summed E-state index contributed by atoms with van der Waals surface area (Å²) in [5.74, 6) is -3.01. The fourth-order valence-corrected chi connectivity index (χ4v) is 6.44. The minimum atomic E-state index is -4.12. The molecule has 12 heteroatoms. The molecule has 6 nitrogen and oxygen atoms in total. The number of nitrogens with zero attached hydrogens (tertiary/aromatic N) is 1. The molecular weight excluding hydrogens is 509 g/mol. The minimum absolute atomic E-state index is 0.0879. The quantitative estimate of drug-likeness (QED) is 0.399. The highest BCUT2D eigenvalue weighted by Gasteiger charge is 2.25. The van der Waals surface area contributed by atoms with Crippen LogP contribution in [0.3, 0.4) is 0 Å². The second-order valence-electron chi connectivity index (χ2n) is 7.27. The average molecular weight is 525 g/mol. The van der Waals surface area contributed by atoms with E-state index in [9.17, 15) is 30.0 Å². The van der Waals surface area contributed by atoms with Gasteiger partial charge in [-0.15, -0.1) is 11.3 Å². The SMILES string of the molecule is NS(=O)(=O)c1ccc(-c2nc(S(=O)(=O)Cc3cc(F)cc(F)c3)sc2-c2ccc(F)cc2)cc1. The van der Waals surface area contributed by atoms with Gasteiger partial charge >= 0.3 is 0 Å². The minimum Gasteiger partial charge on any atom is -0.225 e. The summed E-state index contributed by atoms with van der Waals surface area (Å²) in [6, 6.07) is 13.1. The van der Waals surface area contributed by atoms with Gasteiger partial charge in [0.25, 0.3) is 0 Å². The maximum absolute atomic E-state index is 13.5. The normalized spacial score (nSPS) is 12.1. The number of hydrogen-bond acceptors (Lipinski definition) is 6. The largest absolute Gasteiger partial charge is 0.238 e. The van der Waals surface area contributed by atoms with Crippen LogP contribution in [0, 0.1) is 17.5 Å². The molecule has 0 aliphatic heterocycles. The van der Waals surface area contributed by atoms with Crippen LogP contribution < -0.4 is 5.14 Å². The van der Waals surface area contributed by atoms with E-state index in [0.717, 1.165) is 23.5 Å². The molecule has 2 N–H and O–H groups in total. The van der Waals surface area contributed by atoms with Crippen molar-refractivity contribution in [2.24, 2.45) is 5.14 Å². The van der Waals surface area contributed by atoms with E-state index >= 15 is 0 Å². The number of nitrogens with two attached hydrogens (primary N) is 1. The highest BCUT2D eigenvalue weighted by atomic mass is 32.2. The average Bonchev–Trinajstić information content (AvgIpc) is 3.19. The Hall–Kier alpha value is -3.06. The summed E-state index contributed by atoms with van der Waals surface area (Å²) in [5.41, 5.74) is 0.987. The number of benzene rings is 3. The third kappa shape index (κ3) is 5.20. The summed E-state index contributed by atoms with van der Waals surface area (Å²) in [6.45, 7) is 0. The number of aromatic nitrogens is 1. The molecule has 1 heterocycles. The van der Waals surface area contributed by atoms with Gasteiger partial charge in [-0.2, -0.15) is 0 Å². The smallest absolute Gasteiger partial charge is 0.225 e. The lowest BCUT2D eigenvalue weighted by atomic mass is 10.1. The van der Waals surface area contributed by atoms with Crippen molar-refractivity contribution in [2.75, 3.05) is 0 Å². The summed E-state index contributed by atoms with van der Waals surface area (Å²) >= 11 is 0.806. The topological polar surface area (TPSA) is 107 Å². The molecule has 0 radical (unpaired) electrons. The molecule has 0 spiro atoms. The molecule has 0 saturated carbocycles. The van der Waals surface area contributed by atoms with Crippen LogP contribution in [0.15, 0.2) is 76.0 Å². The van der Waals surface area contributed by atoms with Crippen molar-refractivity contribution in [1.82, 2.24) is 4.98 Å². The second kappa shape index (κ2) is 8.95. The van der Waals surface area contributed by atoms with Crippen molar-refractivity contribution in [3.63, 3.8) is 0 Å². The predicted molar refractivity (Wildman–Crippen MR) is 122 cm³/mol. The van der Waals surface area contributed by atoms with E-state index < -0.39 is 43.1 Å². The highest BCUT2D eigenvalue weighted by Crippen LogP contribution is 2.39. The standard InChI is InChI=1S/C22H15F3N2O4S3/c23-16-5-1-15(2-6-16)21-20(14-3-7-19(8-4-14)34(26,30)31)27-22(32-21)33(28,29)12-13-9-17(24)11-18(25)10-13/h1-11H,12H2,(H2,26,30,31). The molecule has 176 valence electrons. The molecule has 4 rings (SSSR count). The van der Waals surface area contributed by atoms with E-state index in [4.69, 9.17) is 5.14 Å². The van der Waals surface area contributed by atoms with Gasteiger partial charge in [-0.05, 0) is 47.5 Å². The van der Waals surface area contributed by atoms with Crippen molar-refractivity contribution < 1.29 is 30.0 Å². The van der Waals surface area contributed by atoms with Crippen molar-refractivity contribution in [3.05, 3.63) is 89.7 Å². The van der Waals surface area contributed by atoms with Crippen LogP contribution in [0.25, 0.3) is 21.7 Å². The summed E-state index contributed by atoms with van der Waals surface area (Å²) in [6.07, 6.45) is 0. The van der Waals surface area contributed by atoms with Gasteiger partial charge in [0.2, 0.25) is 24.2 Å². The summed E-state index contributed by atoms with van der Waals surface area (Å²) < 4.78 is 89.4. The molecule has 0 atom stereocenters. The fraction of sp³-hybridized carbons (Fsp3) is 0.0455. The zero-order valence-corrected chi connectivity index (χ0v) is 19.5. The molecule has 34 heavy (non-hydrogen) atoms. The first-order chi connectivity index (χ1) is 15.9. The Morgan fingerprint density at radius 2 is 1.32 bits per heavy atom. The van der Waals surface area contributed by atoms with E-state index in [1.54, 1.807) is 0 Å². The van der Waals surface area contributed by atoms with E-state index in [-0.39, 0.29) is 20.5 Å². The zero-order chi connectivity index (χ0) is 24.7. The maximum Gasteiger partial charge on any atom is 0.238 e. The van der Waals surface area contributed by atoms with Crippen molar-refractivity contribution in [1.29, 1.82) is 0 Å². The van der Waals surface area contributed by atoms with Crippen molar-refractivity contribution >= 4 is 31.2 Å². The van der Waals surface area contributed by atoms with E-state index in [1.165, 1.54) is 48.5 Å². The number of hydrogen-bond donors (Lipinski definition) is 1. The van der Waals surface area contributed by atoms with Gasteiger partial charge in [0.05, 0.1) is 21.2 Å². The Morgan fingerprint density at radius 3 is 1.88 bits per heavy atom. The molecule has 0 aliphatic rings. The van der Waals surface area contributed by atoms with Crippen LogP contribution in [0.2, 0.25) is 0 Å². The lowest BCUT2D eigenvalue weighted by Gasteiger charge is -2.04. The van der Waals surface area contributed by atoms with Crippen molar-refractivity contribution in [2.45, 2.75) is 15.0 Å². The first kappa shape index (κ1) is 24.1. The van der Waals surface area contributed by atoms with Crippen LogP contribution in [-0.4, -0.2) is 21.8 Å². The molecule has 0 bridgehead atoms. The Balaban J connectivity index is 1.82. The molecule has 0 amide bonds. The summed E-state index contributed by atoms with van der Waals surface area (Å²) in [7, 11) is -8.07. The van der Waals surface area contributed by atoms with Gasteiger partial charge in [-0.25, -0.2) is 40.1 Å². The Kier molecular flexibility index (Phi) is 6.34. The van der Waals surface area contributed by atoms with E-state index in [1.807, 2.05) is 0 Å². The third-order valence-electron chi connectivity index (χ3n) is 4.72. The molecular formula is C22H15F3N2O4S3. The fourth-order valence-electron chi connectivity index (χ4n) is 3.20. The summed E-state index contributed by atoms with van der Waals surface area (Å²) in [4.78, 5) is 4.49.